The second-order valence-electron chi connectivity index (χ2n) is 5.45. The average molecular weight is 276 g/mol. The summed E-state index contributed by atoms with van der Waals surface area (Å²) in [7, 11) is 0. The minimum absolute atomic E-state index is 0. The minimum Gasteiger partial charge on any atom is -0.327 e. The lowest BCUT2D eigenvalue weighted by molar-refractivity contribution is 0.0890. The Labute approximate surface area is 114 Å². The van der Waals surface area contributed by atoms with Crippen LogP contribution >= 0.6 is 23.7 Å². The van der Waals surface area contributed by atoms with E-state index in [1.165, 1.54) is 5.69 Å². The molecule has 1 aliphatic heterocycles. The summed E-state index contributed by atoms with van der Waals surface area (Å²) in [5.74, 6) is 0. The maximum atomic E-state index is 6.13. The first-order valence-corrected chi connectivity index (χ1v) is 6.74. The maximum absolute atomic E-state index is 6.13. The molecule has 1 aliphatic rings. The van der Waals surface area contributed by atoms with E-state index >= 15 is 0 Å². The first-order valence-electron chi connectivity index (χ1n) is 5.86. The highest BCUT2D eigenvalue weighted by atomic mass is 35.5. The van der Waals surface area contributed by atoms with Gasteiger partial charge >= 0.3 is 0 Å². The molecule has 1 unspecified atom stereocenters. The van der Waals surface area contributed by atoms with Crippen molar-refractivity contribution in [1.82, 2.24) is 9.88 Å². The van der Waals surface area contributed by atoms with Crippen LogP contribution in [0, 0.1) is 12.3 Å². The number of likely N-dealkylation sites (tertiary alicyclic amines) is 1. The van der Waals surface area contributed by atoms with Crippen LogP contribution in [0.4, 0.5) is 0 Å². The van der Waals surface area contributed by atoms with Crippen molar-refractivity contribution in [1.29, 1.82) is 0 Å². The molecule has 0 amide bonds. The lowest BCUT2D eigenvalue weighted by Crippen LogP contribution is -2.52. The maximum Gasteiger partial charge on any atom is 0.0897 e. The van der Waals surface area contributed by atoms with Gasteiger partial charge in [0.25, 0.3) is 0 Å². The van der Waals surface area contributed by atoms with E-state index in [4.69, 9.17) is 5.73 Å². The standard InChI is InChI=1S/C12H21N3S.ClH/c1-9-14-10(7-16-9)6-15-5-4-11(13)12(2,3)8-15;/h7,11H,4-6,8,13H2,1-3H3;1H. The molecule has 2 heterocycles. The zero-order chi connectivity index (χ0) is 11.8. The van der Waals surface area contributed by atoms with Gasteiger partial charge in [-0.3, -0.25) is 4.90 Å². The smallest absolute Gasteiger partial charge is 0.0897 e. The summed E-state index contributed by atoms with van der Waals surface area (Å²) in [5.41, 5.74) is 7.56. The van der Waals surface area contributed by atoms with Gasteiger partial charge in [0.2, 0.25) is 0 Å². The first-order chi connectivity index (χ1) is 7.47. The molecule has 0 saturated carbocycles. The summed E-state index contributed by atoms with van der Waals surface area (Å²) in [6.07, 6.45) is 1.09. The van der Waals surface area contributed by atoms with Crippen molar-refractivity contribution in [3.05, 3.63) is 16.1 Å². The normalized spacial score (nSPS) is 24.4. The number of aromatic nitrogens is 1. The summed E-state index contributed by atoms with van der Waals surface area (Å²) in [4.78, 5) is 6.99. The molecule has 1 atom stereocenters. The van der Waals surface area contributed by atoms with Crippen LogP contribution in [-0.2, 0) is 6.54 Å². The van der Waals surface area contributed by atoms with Crippen LogP contribution in [0.3, 0.4) is 0 Å². The molecule has 0 spiro atoms. The zero-order valence-electron chi connectivity index (χ0n) is 10.8. The van der Waals surface area contributed by atoms with Crippen LogP contribution in [0.25, 0.3) is 0 Å². The van der Waals surface area contributed by atoms with E-state index in [2.05, 4.69) is 36.0 Å². The monoisotopic (exact) mass is 275 g/mol. The van der Waals surface area contributed by atoms with Gasteiger partial charge in [0.1, 0.15) is 0 Å². The minimum atomic E-state index is 0. The fourth-order valence-electron chi connectivity index (χ4n) is 2.33. The fraction of sp³-hybridized carbons (Fsp3) is 0.750. The lowest BCUT2D eigenvalue weighted by atomic mass is 9.80. The van der Waals surface area contributed by atoms with Crippen LogP contribution in [0.2, 0.25) is 0 Å². The number of thiazole rings is 1. The Morgan fingerprint density at radius 2 is 2.29 bits per heavy atom. The zero-order valence-corrected chi connectivity index (χ0v) is 12.4. The van der Waals surface area contributed by atoms with Crippen molar-refractivity contribution in [2.45, 2.75) is 39.8 Å². The quantitative estimate of drug-likeness (QED) is 0.901. The van der Waals surface area contributed by atoms with Gasteiger partial charge in [0, 0.05) is 31.1 Å². The van der Waals surface area contributed by atoms with E-state index in [0.717, 1.165) is 31.1 Å². The molecule has 0 aromatic carbocycles. The summed E-state index contributed by atoms with van der Waals surface area (Å²) in [5, 5.41) is 3.32. The van der Waals surface area contributed by atoms with E-state index in [-0.39, 0.29) is 17.8 Å². The van der Waals surface area contributed by atoms with Crippen molar-refractivity contribution < 1.29 is 0 Å². The number of halogens is 1. The molecule has 0 aliphatic carbocycles. The van der Waals surface area contributed by atoms with Crippen molar-refractivity contribution in [3.8, 4) is 0 Å². The number of nitrogens with zero attached hydrogens (tertiary/aromatic N) is 2. The molecule has 0 radical (unpaired) electrons. The number of piperidine rings is 1. The van der Waals surface area contributed by atoms with Crippen LogP contribution in [-0.4, -0.2) is 29.0 Å². The number of hydrogen-bond acceptors (Lipinski definition) is 4. The Bertz CT molecular complexity index is 364. The number of hydrogen-bond donors (Lipinski definition) is 1. The number of rotatable bonds is 2. The summed E-state index contributed by atoms with van der Waals surface area (Å²) < 4.78 is 0. The van der Waals surface area contributed by atoms with Gasteiger partial charge in [-0.2, -0.15) is 0 Å². The van der Waals surface area contributed by atoms with Gasteiger partial charge in [-0.25, -0.2) is 4.98 Å². The molecule has 0 bridgehead atoms. The van der Waals surface area contributed by atoms with E-state index in [1.807, 2.05) is 0 Å². The van der Waals surface area contributed by atoms with Gasteiger partial charge in [-0.15, -0.1) is 23.7 Å². The van der Waals surface area contributed by atoms with Crippen LogP contribution in [0.1, 0.15) is 31.0 Å². The second-order valence-corrected chi connectivity index (χ2v) is 6.51. The van der Waals surface area contributed by atoms with E-state index in [9.17, 15) is 0 Å². The van der Waals surface area contributed by atoms with Gasteiger partial charge in [0.05, 0.1) is 10.7 Å². The number of aryl methyl sites for hydroxylation is 1. The van der Waals surface area contributed by atoms with Crippen molar-refractivity contribution >= 4 is 23.7 Å². The molecule has 17 heavy (non-hydrogen) atoms. The highest BCUT2D eigenvalue weighted by molar-refractivity contribution is 7.09. The summed E-state index contributed by atoms with van der Waals surface area (Å²) >= 11 is 1.73. The molecule has 1 aromatic rings. The first kappa shape index (κ1) is 14.9. The Kier molecular flexibility index (Phi) is 4.95. The molecule has 5 heteroatoms. The molecule has 2 N–H and O–H groups in total. The Morgan fingerprint density at radius 3 is 2.82 bits per heavy atom. The molecular weight excluding hydrogens is 254 g/mol. The Morgan fingerprint density at radius 1 is 1.59 bits per heavy atom. The topological polar surface area (TPSA) is 42.2 Å². The van der Waals surface area contributed by atoms with Crippen molar-refractivity contribution in [3.63, 3.8) is 0 Å². The van der Waals surface area contributed by atoms with E-state index in [1.54, 1.807) is 11.3 Å². The predicted octanol–water partition coefficient (Wildman–Crippen LogP) is 2.43. The predicted molar refractivity (Wildman–Crippen MR) is 75.7 cm³/mol. The average Bonchev–Trinajstić information content (AvgIpc) is 2.57. The number of nitrogens with two attached hydrogens (primary N) is 1. The highest BCUT2D eigenvalue weighted by Crippen LogP contribution is 2.28. The van der Waals surface area contributed by atoms with Gasteiger partial charge < -0.3 is 5.73 Å². The summed E-state index contributed by atoms with van der Waals surface area (Å²) in [6.45, 7) is 9.73. The molecule has 3 nitrogen and oxygen atoms in total. The van der Waals surface area contributed by atoms with Crippen LogP contribution in [0.5, 0.6) is 0 Å². The van der Waals surface area contributed by atoms with E-state index < -0.39 is 0 Å². The third-order valence-corrected chi connectivity index (χ3v) is 4.27. The SMILES string of the molecule is Cc1nc(CN2CCC(N)C(C)(C)C2)cs1.Cl. The molecule has 1 fully saturated rings. The third kappa shape index (κ3) is 3.65. The van der Waals surface area contributed by atoms with Crippen LogP contribution in [0.15, 0.2) is 5.38 Å². The lowest BCUT2D eigenvalue weighted by Gasteiger charge is -2.42. The van der Waals surface area contributed by atoms with Crippen molar-refractivity contribution in [2.24, 2.45) is 11.1 Å². The van der Waals surface area contributed by atoms with Gasteiger partial charge in [-0.1, -0.05) is 13.8 Å². The summed E-state index contributed by atoms with van der Waals surface area (Å²) in [6, 6.07) is 0.334. The molecule has 2 rings (SSSR count). The highest BCUT2D eigenvalue weighted by Gasteiger charge is 2.33. The molecule has 1 aromatic heterocycles. The third-order valence-electron chi connectivity index (χ3n) is 3.44. The molecular formula is C12H22ClN3S. The van der Waals surface area contributed by atoms with E-state index in [0.29, 0.717) is 6.04 Å². The van der Waals surface area contributed by atoms with Crippen molar-refractivity contribution in [2.75, 3.05) is 13.1 Å². The van der Waals surface area contributed by atoms with Gasteiger partial charge in [0.15, 0.2) is 0 Å². The second kappa shape index (κ2) is 5.65. The largest absolute Gasteiger partial charge is 0.327 e. The van der Waals surface area contributed by atoms with Gasteiger partial charge in [-0.05, 0) is 18.8 Å². The Balaban J connectivity index is 0.00000144. The molecule has 98 valence electrons. The fourth-order valence-corrected chi connectivity index (χ4v) is 2.93. The Hall–Kier alpha value is -0.160. The molecule has 1 saturated heterocycles. The van der Waals surface area contributed by atoms with Crippen LogP contribution < -0.4 is 5.73 Å².